The lowest BCUT2D eigenvalue weighted by atomic mass is 10.3. The molecule has 0 radical (unpaired) electrons. The van der Waals surface area contributed by atoms with Crippen molar-refractivity contribution in [2.75, 3.05) is 13.2 Å². The van der Waals surface area contributed by atoms with Crippen LogP contribution < -0.4 is 0 Å². The molecule has 1 aliphatic rings. The Morgan fingerprint density at radius 2 is 2.67 bits per heavy atom. The predicted octanol–water partition coefficient (Wildman–Crippen LogP) is 0.252. The Morgan fingerprint density at radius 3 is 3.25 bits per heavy atom. The fraction of sp³-hybridized carbons (Fsp3) is 0.714. The minimum atomic E-state index is -1.03. The molecule has 0 bridgehead atoms. The summed E-state index contributed by atoms with van der Waals surface area (Å²) >= 11 is 0. The monoisotopic (exact) mass is 173 g/mol. The summed E-state index contributed by atoms with van der Waals surface area (Å²) in [4.78, 5) is 14.4. The van der Waals surface area contributed by atoms with E-state index in [1.54, 1.807) is 0 Å². The second-order valence-electron chi connectivity index (χ2n) is 2.47. The van der Waals surface area contributed by atoms with Gasteiger partial charge >= 0.3 is 5.97 Å². The molecule has 1 N–H and O–H groups in total. The van der Waals surface area contributed by atoms with E-state index in [-0.39, 0.29) is 6.10 Å². The summed E-state index contributed by atoms with van der Waals surface area (Å²) in [6, 6.07) is 0. The molecule has 1 unspecified atom stereocenters. The van der Waals surface area contributed by atoms with E-state index in [0.29, 0.717) is 0 Å². The molecule has 5 heteroatoms. The molecule has 1 atom stereocenters. The fourth-order valence-corrected chi connectivity index (χ4v) is 0.924. The van der Waals surface area contributed by atoms with E-state index in [1.165, 1.54) is 6.21 Å². The lowest BCUT2D eigenvalue weighted by Gasteiger charge is -1.99. The highest BCUT2D eigenvalue weighted by molar-refractivity contribution is 5.68. The maximum Gasteiger partial charge on any atom is 0.344 e. The van der Waals surface area contributed by atoms with Gasteiger partial charge in [-0.2, -0.15) is 0 Å². The number of carboxylic acid groups (broad SMARTS) is 1. The van der Waals surface area contributed by atoms with Crippen molar-refractivity contribution in [3.05, 3.63) is 0 Å². The van der Waals surface area contributed by atoms with Gasteiger partial charge in [0.2, 0.25) is 6.61 Å². The smallest absolute Gasteiger partial charge is 0.344 e. The Labute approximate surface area is 70.0 Å². The first-order valence-corrected chi connectivity index (χ1v) is 3.78. The average molecular weight is 173 g/mol. The molecule has 0 spiro atoms. The summed E-state index contributed by atoms with van der Waals surface area (Å²) in [6.45, 7) is 0.346. The van der Waals surface area contributed by atoms with Crippen LogP contribution in [0.4, 0.5) is 0 Å². The summed E-state index contributed by atoms with van der Waals surface area (Å²) in [6.07, 6.45) is 3.45. The Kier molecular flexibility index (Phi) is 3.53. The standard InChI is InChI=1S/C7H11NO4/c9-7(10)5-12-8-4-6-2-1-3-11-6/h4,6H,1-3,5H2,(H,9,10). The van der Waals surface area contributed by atoms with E-state index < -0.39 is 12.6 Å². The van der Waals surface area contributed by atoms with E-state index in [4.69, 9.17) is 9.84 Å². The third kappa shape index (κ3) is 3.34. The molecule has 0 amide bonds. The van der Waals surface area contributed by atoms with Crippen LogP contribution in [0, 0.1) is 0 Å². The minimum Gasteiger partial charge on any atom is -0.479 e. The van der Waals surface area contributed by atoms with Gasteiger partial charge in [0, 0.05) is 6.61 Å². The van der Waals surface area contributed by atoms with Crippen LogP contribution in [0.25, 0.3) is 0 Å². The molecule has 1 heterocycles. The lowest BCUT2D eigenvalue weighted by molar-refractivity contribution is -0.142. The van der Waals surface area contributed by atoms with E-state index in [2.05, 4.69) is 9.99 Å². The van der Waals surface area contributed by atoms with E-state index in [1.807, 2.05) is 0 Å². The van der Waals surface area contributed by atoms with Gasteiger partial charge in [0.15, 0.2) is 0 Å². The zero-order valence-corrected chi connectivity index (χ0v) is 6.60. The molecule has 0 saturated carbocycles. The normalized spacial score (nSPS) is 23.2. The van der Waals surface area contributed by atoms with Crippen molar-refractivity contribution in [3.63, 3.8) is 0 Å². The molecule has 68 valence electrons. The summed E-state index contributed by atoms with van der Waals surface area (Å²) in [5.41, 5.74) is 0. The predicted molar refractivity (Wildman–Crippen MR) is 41.1 cm³/mol. The third-order valence-corrected chi connectivity index (χ3v) is 1.45. The van der Waals surface area contributed by atoms with Gasteiger partial charge in [-0.25, -0.2) is 4.79 Å². The van der Waals surface area contributed by atoms with E-state index in [0.717, 1.165) is 19.4 Å². The van der Waals surface area contributed by atoms with Gasteiger partial charge in [-0.15, -0.1) is 0 Å². The maximum absolute atomic E-state index is 9.97. The molecule has 0 aromatic rings. The van der Waals surface area contributed by atoms with Gasteiger partial charge in [0.25, 0.3) is 0 Å². The number of aliphatic carboxylic acids is 1. The second-order valence-corrected chi connectivity index (χ2v) is 2.47. The first-order chi connectivity index (χ1) is 5.79. The van der Waals surface area contributed by atoms with Gasteiger partial charge in [-0.05, 0) is 12.8 Å². The van der Waals surface area contributed by atoms with Gasteiger partial charge in [0.05, 0.1) is 12.3 Å². The second kappa shape index (κ2) is 4.71. The van der Waals surface area contributed by atoms with Crippen molar-refractivity contribution in [1.29, 1.82) is 0 Å². The molecule has 1 rings (SSSR count). The first kappa shape index (κ1) is 8.99. The molecule has 1 saturated heterocycles. The lowest BCUT2D eigenvalue weighted by Crippen LogP contribution is -2.08. The molecule has 1 aliphatic heterocycles. The van der Waals surface area contributed by atoms with Crippen LogP contribution in [0.3, 0.4) is 0 Å². The van der Waals surface area contributed by atoms with Crippen LogP contribution in [0.2, 0.25) is 0 Å². The van der Waals surface area contributed by atoms with E-state index in [9.17, 15) is 4.79 Å². The molecular weight excluding hydrogens is 162 g/mol. The zero-order valence-electron chi connectivity index (χ0n) is 6.60. The topological polar surface area (TPSA) is 68.1 Å². The highest BCUT2D eigenvalue weighted by Crippen LogP contribution is 2.09. The average Bonchev–Trinajstić information content (AvgIpc) is 2.49. The number of hydrogen-bond acceptors (Lipinski definition) is 4. The number of ether oxygens (including phenoxy) is 1. The number of carboxylic acids is 1. The van der Waals surface area contributed by atoms with Gasteiger partial charge in [-0.3, -0.25) is 0 Å². The molecule has 0 aromatic heterocycles. The Bertz CT molecular complexity index is 174. The number of nitrogens with zero attached hydrogens (tertiary/aromatic N) is 1. The maximum atomic E-state index is 9.97. The molecule has 5 nitrogen and oxygen atoms in total. The molecule has 1 fully saturated rings. The highest BCUT2D eigenvalue weighted by atomic mass is 16.6. The summed E-state index contributed by atoms with van der Waals surface area (Å²) in [7, 11) is 0. The number of hydrogen-bond donors (Lipinski definition) is 1. The number of oxime groups is 1. The summed E-state index contributed by atoms with van der Waals surface area (Å²) in [5.74, 6) is -1.03. The third-order valence-electron chi connectivity index (χ3n) is 1.45. The summed E-state index contributed by atoms with van der Waals surface area (Å²) < 4.78 is 5.18. The Hall–Kier alpha value is -1.10. The van der Waals surface area contributed by atoms with Crippen molar-refractivity contribution in [2.24, 2.45) is 5.16 Å². The van der Waals surface area contributed by atoms with Crippen molar-refractivity contribution in [1.82, 2.24) is 0 Å². The minimum absolute atomic E-state index is 0.00112. The summed E-state index contributed by atoms with van der Waals surface area (Å²) in [5, 5.41) is 11.6. The fourth-order valence-electron chi connectivity index (χ4n) is 0.924. The zero-order chi connectivity index (χ0) is 8.81. The van der Waals surface area contributed by atoms with Crippen LogP contribution in [0.5, 0.6) is 0 Å². The largest absolute Gasteiger partial charge is 0.479 e. The molecular formula is C7H11NO4. The van der Waals surface area contributed by atoms with Crippen molar-refractivity contribution in [3.8, 4) is 0 Å². The first-order valence-electron chi connectivity index (χ1n) is 3.78. The Balaban J connectivity index is 2.08. The highest BCUT2D eigenvalue weighted by Gasteiger charge is 2.12. The Morgan fingerprint density at radius 1 is 1.83 bits per heavy atom. The van der Waals surface area contributed by atoms with Gasteiger partial charge in [0.1, 0.15) is 0 Å². The van der Waals surface area contributed by atoms with Crippen molar-refractivity contribution >= 4 is 12.2 Å². The van der Waals surface area contributed by atoms with Crippen LogP contribution in [-0.4, -0.2) is 36.6 Å². The van der Waals surface area contributed by atoms with Gasteiger partial charge < -0.3 is 14.7 Å². The van der Waals surface area contributed by atoms with Crippen LogP contribution in [0.1, 0.15) is 12.8 Å². The van der Waals surface area contributed by atoms with Crippen LogP contribution in [-0.2, 0) is 14.4 Å². The van der Waals surface area contributed by atoms with Crippen molar-refractivity contribution in [2.45, 2.75) is 18.9 Å². The number of rotatable bonds is 4. The van der Waals surface area contributed by atoms with Crippen LogP contribution in [0.15, 0.2) is 5.16 Å². The molecule has 0 aliphatic carbocycles. The molecule has 12 heavy (non-hydrogen) atoms. The van der Waals surface area contributed by atoms with Crippen LogP contribution >= 0.6 is 0 Å². The quantitative estimate of drug-likeness (QED) is 0.489. The molecule has 0 aromatic carbocycles. The van der Waals surface area contributed by atoms with Gasteiger partial charge in [-0.1, -0.05) is 5.16 Å². The number of carbonyl (C=O) groups is 1. The van der Waals surface area contributed by atoms with Crippen molar-refractivity contribution < 1.29 is 19.5 Å². The SMILES string of the molecule is O=C(O)CON=CC1CCCO1. The van der Waals surface area contributed by atoms with E-state index >= 15 is 0 Å².